The second kappa shape index (κ2) is 9.84. The molecule has 0 saturated heterocycles. The molecule has 1 aromatic heterocycles. The first-order valence-electron chi connectivity index (χ1n) is 12.7. The zero-order chi connectivity index (χ0) is 27.4. The Balaban J connectivity index is 2.09. The molecular formula is C32H42S4. The molecule has 3 rings (SSSR count). The van der Waals surface area contributed by atoms with E-state index >= 15 is 0 Å². The highest BCUT2D eigenvalue weighted by Gasteiger charge is 2.32. The average molecular weight is 555 g/mol. The standard InChI is InChI=1S/C32H42S4/c1-29(2,3)23-14-13-20(28(36-23)32(10,11)12)18-22-26(33)21(27(22)34)15-19-16-24(30(4,5)6)35-25(17-19)31(7,8)9/h13-18H,1-12H3/b20-18+. The number of rotatable bonds is 2. The van der Waals surface area contributed by atoms with Crippen LogP contribution in [0.4, 0.5) is 0 Å². The van der Waals surface area contributed by atoms with Crippen molar-refractivity contribution in [2.75, 3.05) is 0 Å². The summed E-state index contributed by atoms with van der Waals surface area (Å²) in [6.07, 6.45) is 8.94. The Morgan fingerprint density at radius 1 is 0.750 bits per heavy atom. The molecule has 0 spiro atoms. The van der Waals surface area contributed by atoms with Gasteiger partial charge in [0.25, 0.3) is 0 Å². The van der Waals surface area contributed by atoms with Gasteiger partial charge in [-0.25, -0.2) is 0 Å². The Bertz CT molecular complexity index is 1260. The Morgan fingerprint density at radius 2 is 1.28 bits per heavy atom. The van der Waals surface area contributed by atoms with Crippen molar-refractivity contribution in [3.8, 4) is 0 Å². The molecule has 2 heterocycles. The minimum Gasteiger partial charge on any atom is -0.778 e. The molecule has 1 aromatic rings. The molecule has 194 valence electrons. The van der Waals surface area contributed by atoms with Gasteiger partial charge >= 0.3 is 0 Å². The zero-order valence-corrected chi connectivity index (χ0v) is 27.4. The molecule has 2 aliphatic rings. The fraction of sp³-hybridized carbons (Fsp3) is 0.500. The summed E-state index contributed by atoms with van der Waals surface area (Å²) in [6.45, 7) is 27.3. The van der Waals surface area contributed by atoms with Gasteiger partial charge in [-0.15, -0.1) is 10.9 Å². The second-order valence-electron chi connectivity index (χ2n) is 14.0. The van der Waals surface area contributed by atoms with E-state index < -0.39 is 0 Å². The van der Waals surface area contributed by atoms with Crippen molar-refractivity contribution in [3.05, 3.63) is 67.3 Å². The number of hydrogen-bond donors (Lipinski definition) is 0. The van der Waals surface area contributed by atoms with Crippen molar-refractivity contribution in [2.45, 2.75) is 93.9 Å². The normalized spacial score (nSPS) is 19.8. The minimum atomic E-state index is 0.0435. The van der Waals surface area contributed by atoms with Crippen LogP contribution in [-0.2, 0) is 23.5 Å². The fourth-order valence-electron chi connectivity index (χ4n) is 3.91. The quantitative estimate of drug-likeness (QED) is 0.154. The van der Waals surface area contributed by atoms with Gasteiger partial charge < -0.3 is 12.6 Å². The summed E-state index contributed by atoms with van der Waals surface area (Å²) in [5.74, 6) is 0. The molecule has 1 aliphatic carbocycles. The molecule has 0 fully saturated rings. The minimum absolute atomic E-state index is 0.0435. The SMILES string of the molecule is CC(C)(C)C1=S=C(C(C)(C)C)/C(=C/C2=C([S-])C(=Cc3cc(C(C)(C)C)[s+]c(C(C)(C)C)c3)C2=S)C=C1. The van der Waals surface area contributed by atoms with Gasteiger partial charge in [-0.2, -0.15) is 4.91 Å². The lowest BCUT2D eigenvalue weighted by Crippen LogP contribution is -2.26. The molecule has 0 N–H and O–H groups in total. The second-order valence-corrected chi connectivity index (χ2v) is 16.9. The van der Waals surface area contributed by atoms with E-state index in [0.29, 0.717) is 0 Å². The van der Waals surface area contributed by atoms with Crippen LogP contribution in [0.5, 0.6) is 0 Å². The topological polar surface area (TPSA) is 0 Å². The summed E-state index contributed by atoms with van der Waals surface area (Å²) in [5.41, 5.74) is 4.82. The van der Waals surface area contributed by atoms with Crippen LogP contribution in [0.3, 0.4) is 0 Å². The first-order valence-corrected chi connectivity index (χ1v) is 15.1. The van der Waals surface area contributed by atoms with E-state index in [1.807, 2.05) is 22.3 Å². The van der Waals surface area contributed by atoms with Crippen LogP contribution in [0.15, 0.2) is 52.0 Å². The van der Waals surface area contributed by atoms with E-state index in [-0.39, 0.29) is 21.7 Å². The van der Waals surface area contributed by atoms with Crippen molar-refractivity contribution >= 4 is 67.8 Å². The molecule has 36 heavy (non-hydrogen) atoms. The predicted octanol–water partition coefficient (Wildman–Crippen LogP) is 9.86. The van der Waals surface area contributed by atoms with Gasteiger partial charge in [-0.05, 0) is 51.3 Å². The molecule has 0 amide bonds. The van der Waals surface area contributed by atoms with Crippen molar-refractivity contribution < 1.29 is 0 Å². The maximum Gasteiger partial charge on any atom is 0.219 e. The Hall–Kier alpha value is -1.20. The highest BCUT2D eigenvalue weighted by atomic mass is 32.1. The lowest BCUT2D eigenvalue weighted by molar-refractivity contribution is 0.593. The van der Waals surface area contributed by atoms with E-state index in [1.165, 1.54) is 30.6 Å². The molecule has 0 unspecified atom stereocenters. The van der Waals surface area contributed by atoms with Crippen molar-refractivity contribution in [1.29, 1.82) is 0 Å². The Kier molecular flexibility index (Phi) is 8.02. The third-order valence-electron chi connectivity index (χ3n) is 6.19. The van der Waals surface area contributed by atoms with Crippen molar-refractivity contribution in [3.63, 3.8) is 0 Å². The van der Waals surface area contributed by atoms with E-state index in [1.54, 1.807) is 0 Å². The van der Waals surface area contributed by atoms with Gasteiger partial charge in [0.05, 0.1) is 0 Å². The van der Waals surface area contributed by atoms with E-state index in [2.05, 4.69) is 120 Å². The maximum absolute atomic E-state index is 5.92. The lowest BCUT2D eigenvalue weighted by Gasteiger charge is -2.34. The lowest BCUT2D eigenvalue weighted by atomic mass is 9.82. The molecule has 0 nitrogen and oxygen atoms in total. The van der Waals surface area contributed by atoms with E-state index in [0.717, 1.165) is 20.9 Å². The van der Waals surface area contributed by atoms with Crippen LogP contribution in [0, 0.1) is 10.8 Å². The predicted molar refractivity (Wildman–Crippen MR) is 175 cm³/mol. The van der Waals surface area contributed by atoms with Gasteiger partial charge in [0.2, 0.25) is 21.1 Å². The Morgan fingerprint density at radius 3 is 1.69 bits per heavy atom. The molecular weight excluding hydrogens is 513 g/mol. The van der Waals surface area contributed by atoms with Crippen LogP contribution in [0.25, 0.3) is 6.08 Å². The highest BCUT2D eigenvalue weighted by molar-refractivity contribution is 7.99. The van der Waals surface area contributed by atoms with Gasteiger partial charge in [0.1, 0.15) is 0 Å². The first kappa shape index (κ1) is 29.4. The number of thiocarbonyl (C=S) groups is 1. The largest absolute Gasteiger partial charge is 0.778 e. The summed E-state index contributed by atoms with van der Waals surface area (Å²) in [7, 11) is 1.91. The molecule has 4 heteroatoms. The fourth-order valence-corrected chi connectivity index (χ4v) is 7.14. The Labute approximate surface area is 238 Å². The van der Waals surface area contributed by atoms with Gasteiger partial charge in [-0.1, -0.05) is 101 Å². The third kappa shape index (κ3) is 6.43. The van der Waals surface area contributed by atoms with Gasteiger partial charge in [0.15, 0.2) is 0 Å². The summed E-state index contributed by atoms with van der Waals surface area (Å²) < 4.78 is 0. The van der Waals surface area contributed by atoms with Crippen LogP contribution in [-0.4, -0.2) is 14.6 Å². The number of allylic oxidation sites excluding steroid dienone is 6. The first-order chi connectivity index (χ1) is 16.2. The number of hydrogen-bond acceptors (Lipinski definition) is 2. The highest BCUT2D eigenvalue weighted by Crippen LogP contribution is 2.39. The smallest absolute Gasteiger partial charge is 0.219 e. The molecule has 0 aromatic carbocycles. The average Bonchev–Trinajstić information content (AvgIpc) is 2.72. The van der Waals surface area contributed by atoms with Crippen LogP contribution >= 0.6 is 34.5 Å². The molecule has 0 radical (unpaired) electrons. The third-order valence-corrected chi connectivity index (χ3v) is 11.0. The van der Waals surface area contributed by atoms with Gasteiger partial charge in [0, 0.05) is 37.6 Å². The van der Waals surface area contributed by atoms with Crippen molar-refractivity contribution in [2.24, 2.45) is 10.8 Å². The summed E-state index contributed by atoms with van der Waals surface area (Å²) in [4.78, 5) is 7.29. The van der Waals surface area contributed by atoms with Crippen molar-refractivity contribution in [1.82, 2.24) is 0 Å². The summed E-state index contributed by atoms with van der Waals surface area (Å²) in [5, 5.41) is 0. The molecule has 0 atom stereocenters. The molecule has 0 bridgehead atoms. The molecule has 1 aliphatic heterocycles. The monoisotopic (exact) mass is 554 g/mol. The summed E-state index contributed by atoms with van der Waals surface area (Å²) >= 11 is 13.7. The van der Waals surface area contributed by atoms with E-state index in [9.17, 15) is 0 Å². The van der Waals surface area contributed by atoms with Gasteiger partial charge in [-0.3, -0.25) is 0 Å². The van der Waals surface area contributed by atoms with E-state index in [4.69, 9.17) is 24.8 Å². The summed E-state index contributed by atoms with van der Waals surface area (Å²) in [6, 6.07) is 4.62. The molecule has 0 saturated carbocycles. The van der Waals surface area contributed by atoms with Crippen LogP contribution in [0.2, 0.25) is 0 Å². The maximum atomic E-state index is 5.92. The zero-order valence-electron chi connectivity index (χ0n) is 24.1. The van der Waals surface area contributed by atoms with Crippen LogP contribution < -0.4 is 0 Å². The van der Waals surface area contributed by atoms with Crippen LogP contribution in [0.1, 0.15) is 98.4 Å².